The number of amides is 1. The second-order valence-electron chi connectivity index (χ2n) is 6.49. The minimum Gasteiger partial charge on any atom is -0.496 e. The van der Waals surface area contributed by atoms with Gasteiger partial charge in [-0.15, -0.1) is 0 Å². The van der Waals surface area contributed by atoms with Crippen molar-refractivity contribution < 1.29 is 17.9 Å². The molecule has 0 N–H and O–H groups in total. The highest BCUT2D eigenvalue weighted by molar-refractivity contribution is 7.88. The first-order chi connectivity index (χ1) is 11.9. The minimum absolute atomic E-state index is 0.119. The zero-order chi connectivity index (χ0) is 18.4. The lowest BCUT2D eigenvalue weighted by molar-refractivity contribution is -0.135. The van der Waals surface area contributed by atoms with Gasteiger partial charge in [0.25, 0.3) is 0 Å². The molecule has 0 saturated carbocycles. The largest absolute Gasteiger partial charge is 0.496 e. The monoisotopic (exact) mass is 368 g/mol. The zero-order valence-electron chi connectivity index (χ0n) is 15.3. The summed E-state index contributed by atoms with van der Waals surface area (Å²) >= 11 is 0. The molecule has 1 saturated heterocycles. The van der Waals surface area contributed by atoms with Crippen LogP contribution in [0.25, 0.3) is 0 Å². The van der Waals surface area contributed by atoms with Gasteiger partial charge in [0.1, 0.15) is 5.75 Å². The van der Waals surface area contributed by atoms with Gasteiger partial charge in [0.15, 0.2) is 0 Å². The number of methoxy groups -OCH3 is 1. The molecule has 140 valence electrons. The lowest BCUT2D eigenvalue weighted by atomic mass is 10.00. The summed E-state index contributed by atoms with van der Waals surface area (Å²) in [6.45, 7) is 2.77. The average Bonchev–Trinajstić information content (AvgIpc) is 2.60. The lowest BCUT2D eigenvalue weighted by Gasteiger charge is -2.36. The predicted octanol–water partition coefficient (Wildman–Crippen LogP) is 2.25. The van der Waals surface area contributed by atoms with Gasteiger partial charge in [-0.1, -0.05) is 25.1 Å². The number of carbonyl (C=O) groups is 1. The molecule has 1 aliphatic heterocycles. The normalized spacial score (nSPS) is 18.4. The number of ether oxygens (including phenoxy) is 1. The van der Waals surface area contributed by atoms with Crippen molar-refractivity contribution in [2.45, 2.75) is 45.2 Å². The summed E-state index contributed by atoms with van der Waals surface area (Å²) in [5.41, 5.74) is 0.744. The van der Waals surface area contributed by atoms with Crippen LogP contribution in [0.15, 0.2) is 24.3 Å². The Morgan fingerprint density at radius 3 is 2.68 bits per heavy atom. The van der Waals surface area contributed by atoms with Gasteiger partial charge in [-0.2, -0.15) is 4.31 Å². The number of hydrogen-bond donors (Lipinski definition) is 0. The highest BCUT2D eigenvalue weighted by atomic mass is 32.2. The number of rotatable bonds is 7. The van der Waals surface area contributed by atoms with Gasteiger partial charge >= 0.3 is 0 Å². The van der Waals surface area contributed by atoms with Crippen LogP contribution >= 0.6 is 0 Å². The van der Waals surface area contributed by atoms with E-state index in [1.807, 2.05) is 23.1 Å². The maximum Gasteiger partial charge on any atom is 0.238 e. The van der Waals surface area contributed by atoms with E-state index in [0.717, 1.165) is 37.5 Å². The fraction of sp³-hybridized carbons (Fsp3) is 0.611. The molecule has 1 aliphatic rings. The number of carbonyl (C=O) groups excluding carboxylic acids is 1. The van der Waals surface area contributed by atoms with Gasteiger partial charge in [0.2, 0.25) is 15.9 Å². The number of nitrogens with zero attached hydrogens (tertiary/aromatic N) is 2. The van der Waals surface area contributed by atoms with Crippen molar-refractivity contribution in [2.75, 3.05) is 26.5 Å². The maximum atomic E-state index is 12.8. The highest BCUT2D eigenvalue weighted by Gasteiger charge is 2.29. The summed E-state index contributed by atoms with van der Waals surface area (Å²) in [7, 11) is -1.97. The molecule has 0 aromatic heterocycles. The van der Waals surface area contributed by atoms with Crippen LogP contribution in [-0.4, -0.2) is 56.0 Å². The molecule has 6 nitrogen and oxygen atoms in total. The SMILES string of the molecule is CCC1CCCCN1C(=O)CN(Cc1ccccc1OC)S(C)(=O)=O. The Balaban J connectivity index is 2.17. The van der Waals surface area contributed by atoms with E-state index in [1.54, 1.807) is 13.2 Å². The minimum atomic E-state index is -3.52. The summed E-state index contributed by atoms with van der Waals surface area (Å²) in [5.74, 6) is 0.500. The van der Waals surface area contributed by atoms with Gasteiger partial charge in [0.05, 0.1) is 19.9 Å². The standard InChI is InChI=1S/C18H28N2O4S/c1-4-16-10-7-8-12-20(16)18(21)14-19(25(3,22)23)13-15-9-5-6-11-17(15)24-2/h5-6,9,11,16H,4,7-8,10,12-14H2,1-3H3. The number of sulfonamides is 1. The molecular formula is C18H28N2O4S. The van der Waals surface area contributed by atoms with Crippen molar-refractivity contribution >= 4 is 15.9 Å². The van der Waals surface area contributed by atoms with Gasteiger partial charge in [-0.3, -0.25) is 4.79 Å². The van der Waals surface area contributed by atoms with Gasteiger partial charge in [0, 0.05) is 24.7 Å². The fourth-order valence-corrected chi connectivity index (χ4v) is 4.03. The van der Waals surface area contributed by atoms with Crippen LogP contribution in [0.3, 0.4) is 0 Å². The van der Waals surface area contributed by atoms with Crippen LogP contribution in [0.1, 0.15) is 38.2 Å². The molecule has 1 unspecified atom stereocenters. The molecule has 0 spiro atoms. The average molecular weight is 368 g/mol. The van der Waals surface area contributed by atoms with Gasteiger partial charge in [-0.25, -0.2) is 8.42 Å². The van der Waals surface area contributed by atoms with E-state index in [9.17, 15) is 13.2 Å². The molecule has 0 radical (unpaired) electrons. The molecule has 1 aromatic carbocycles. The van der Waals surface area contributed by atoms with E-state index in [0.29, 0.717) is 12.3 Å². The first kappa shape index (κ1) is 19.7. The third-order valence-corrected chi connectivity index (χ3v) is 5.93. The first-order valence-electron chi connectivity index (χ1n) is 8.73. The number of piperidine rings is 1. The lowest BCUT2D eigenvalue weighted by Crippen LogP contribution is -2.48. The molecule has 1 fully saturated rings. The third kappa shape index (κ3) is 5.19. The van der Waals surface area contributed by atoms with Crippen LogP contribution < -0.4 is 4.74 Å². The topological polar surface area (TPSA) is 66.9 Å². The van der Waals surface area contributed by atoms with E-state index >= 15 is 0 Å². The smallest absolute Gasteiger partial charge is 0.238 e. The zero-order valence-corrected chi connectivity index (χ0v) is 16.1. The molecule has 0 bridgehead atoms. The Morgan fingerprint density at radius 1 is 1.32 bits per heavy atom. The van der Waals surface area contributed by atoms with E-state index in [4.69, 9.17) is 4.74 Å². The summed E-state index contributed by atoms with van der Waals surface area (Å²) in [6.07, 6.45) is 5.14. The number of likely N-dealkylation sites (tertiary alicyclic amines) is 1. The Morgan fingerprint density at radius 2 is 2.04 bits per heavy atom. The molecule has 7 heteroatoms. The summed E-state index contributed by atoms with van der Waals surface area (Å²) in [5, 5.41) is 0. The van der Waals surface area contributed by atoms with Gasteiger partial charge in [-0.05, 0) is 31.7 Å². The predicted molar refractivity (Wildman–Crippen MR) is 97.9 cm³/mol. The molecule has 2 rings (SSSR count). The van der Waals surface area contributed by atoms with Crippen molar-refractivity contribution in [3.05, 3.63) is 29.8 Å². The Hall–Kier alpha value is -1.60. The van der Waals surface area contributed by atoms with E-state index in [1.165, 1.54) is 4.31 Å². The molecule has 0 aliphatic carbocycles. The second kappa shape index (κ2) is 8.67. The fourth-order valence-electron chi connectivity index (χ4n) is 3.31. The quantitative estimate of drug-likeness (QED) is 0.740. The molecule has 25 heavy (non-hydrogen) atoms. The Bertz CT molecular complexity index is 690. The molecule has 1 amide bonds. The molecule has 1 atom stereocenters. The number of para-hydroxylation sites is 1. The van der Waals surface area contributed by atoms with Crippen molar-refractivity contribution in [3.63, 3.8) is 0 Å². The maximum absolute atomic E-state index is 12.8. The van der Waals surface area contributed by atoms with Crippen molar-refractivity contribution in [1.29, 1.82) is 0 Å². The van der Waals surface area contributed by atoms with Crippen molar-refractivity contribution in [3.8, 4) is 5.75 Å². The second-order valence-corrected chi connectivity index (χ2v) is 8.47. The van der Waals surface area contributed by atoms with Crippen LogP contribution in [0.5, 0.6) is 5.75 Å². The van der Waals surface area contributed by atoms with E-state index < -0.39 is 10.0 Å². The van der Waals surface area contributed by atoms with Crippen molar-refractivity contribution in [1.82, 2.24) is 9.21 Å². The van der Waals surface area contributed by atoms with Gasteiger partial charge < -0.3 is 9.64 Å². The summed E-state index contributed by atoms with van der Waals surface area (Å²) in [4.78, 5) is 14.6. The molecule has 1 heterocycles. The summed E-state index contributed by atoms with van der Waals surface area (Å²) < 4.78 is 31.0. The van der Waals surface area contributed by atoms with Crippen LogP contribution in [0.2, 0.25) is 0 Å². The van der Waals surface area contributed by atoms with Crippen LogP contribution in [0, 0.1) is 0 Å². The van der Waals surface area contributed by atoms with Crippen LogP contribution in [-0.2, 0) is 21.4 Å². The van der Waals surface area contributed by atoms with E-state index in [2.05, 4.69) is 6.92 Å². The Kier molecular flexibility index (Phi) is 6.84. The van der Waals surface area contributed by atoms with Crippen molar-refractivity contribution in [2.24, 2.45) is 0 Å². The third-order valence-electron chi connectivity index (χ3n) is 4.74. The molecular weight excluding hydrogens is 340 g/mol. The molecule has 1 aromatic rings. The summed E-state index contributed by atoms with van der Waals surface area (Å²) in [6, 6.07) is 7.48. The first-order valence-corrected chi connectivity index (χ1v) is 10.6. The highest BCUT2D eigenvalue weighted by Crippen LogP contribution is 2.22. The van der Waals surface area contributed by atoms with Crippen LogP contribution in [0.4, 0.5) is 0 Å². The number of benzene rings is 1. The van der Waals surface area contributed by atoms with E-state index in [-0.39, 0.29) is 25.0 Å². The Labute approximate surface area is 150 Å². The number of hydrogen-bond acceptors (Lipinski definition) is 4.